The maximum atomic E-state index is 12.8. The van der Waals surface area contributed by atoms with Gasteiger partial charge in [0, 0.05) is 35.1 Å². The molecule has 1 aliphatic rings. The molecule has 1 aliphatic carbocycles. The maximum absolute atomic E-state index is 12.8. The van der Waals surface area contributed by atoms with Crippen molar-refractivity contribution in [2.24, 2.45) is 5.92 Å². The minimum atomic E-state index is -3.28. The molecular weight excluding hydrogens is 422 g/mol. The quantitative estimate of drug-likeness (QED) is 0.581. The second-order valence-corrected chi connectivity index (χ2v) is 11.4. The van der Waals surface area contributed by atoms with Crippen LogP contribution in [0.3, 0.4) is 0 Å². The van der Waals surface area contributed by atoms with E-state index in [9.17, 15) is 13.2 Å². The molecule has 0 aliphatic heterocycles. The van der Waals surface area contributed by atoms with E-state index in [1.807, 2.05) is 42.5 Å². The Morgan fingerprint density at radius 2 is 1.44 bits per heavy atom. The number of carbonyl (C=O) groups excluding carboxylic acids is 1. The number of hydrogen-bond donors (Lipinski definition) is 2. The molecule has 2 N–H and O–H groups in total. The highest BCUT2D eigenvalue weighted by Gasteiger charge is 2.29. The molecule has 0 atom stereocenters. The standard InChI is InChI=1S/C25H35N3O3S/c1-18(2)28(23-8-6-5-7-9-23)24-16-14-21(15-17-24)26-25(29)20-10-12-22(13-11-20)27-32(30,31)19(3)4/h5-9,14-20,22,27H,10-13H2,1-4H3,(H,26,29). The second-order valence-electron chi connectivity index (χ2n) is 9.10. The zero-order valence-corrected chi connectivity index (χ0v) is 20.2. The molecule has 1 amide bonds. The van der Waals surface area contributed by atoms with Crippen LogP contribution in [0, 0.1) is 5.92 Å². The van der Waals surface area contributed by atoms with Gasteiger partial charge in [-0.25, -0.2) is 13.1 Å². The summed E-state index contributed by atoms with van der Waals surface area (Å²) in [5, 5.41) is 2.59. The van der Waals surface area contributed by atoms with Crippen LogP contribution in [-0.4, -0.2) is 31.7 Å². The van der Waals surface area contributed by atoms with Gasteiger partial charge >= 0.3 is 0 Å². The average molecular weight is 458 g/mol. The van der Waals surface area contributed by atoms with Crippen molar-refractivity contribution in [3.8, 4) is 0 Å². The third-order valence-electron chi connectivity index (χ3n) is 6.01. The Kier molecular flexibility index (Phi) is 7.96. The van der Waals surface area contributed by atoms with Gasteiger partial charge in [-0.05, 0) is 89.8 Å². The van der Waals surface area contributed by atoms with E-state index in [0.29, 0.717) is 31.7 Å². The van der Waals surface area contributed by atoms with Gasteiger partial charge in [-0.2, -0.15) is 0 Å². The number of nitrogens with zero attached hydrogens (tertiary/aromatic N) is 1. The zero-order valence-electron chi connectivity index (χ0n) is 19.4. The van der Waals surface area contributed by atoms with Crippen molar-refractivity contribution in [2.75, 3.05) is 10.2 Å². The highest BCUT2D eigenvalue weighted by atomic mass is 32.2. The molecule has 3 rings (SSSR count). The Morgan fingerprint density at radius 3 is 1.97 bits per heavy atom. The largest absolute Gasteiger partial charge is 0.339 e. The summed E-state index contributed by atoms with van der Waals surface area (Å²) in [5.41, 5.74) is 2.98. The van der Waals surface area contributed by atoms with Crippen molar-refractivity contribution in [1.82, 2.24) is 4.72 Å². The van der Waals surface area contributed by atoms with E-state index in [-0.39, 0.29) is 17.9 Å². The molecule has 6 nitrogen and oxygen atoms in total. The van der Waals surface area contributed by atoms with E-state index in [1.165, 1.54) is 0 Å². The van der Waals surface area contributed by atoms with Crippen molar-refractivity contribution in [1.29, 1.82) is 0 Å². The minimum Gasteiger partial charge on any atom is -0.339 e. The molecule has 0 saturated heterocycles. The lowest BCUT2D eigenvalue weighted by molar-refractivity contribution is -0.120. The van der Waals surface area contributed by atoms with E-state index in [0.717, 1.165) is 17.1 Å². The first-order valence-corrected chi connectivity index (χ1v) is 13.0. The van der Waals surface area contributed by atoms with Gasteiger partial charge in [0.2, 0.25) is 15.9 Å². The fourth-order valence-corrected chi connectivity index (χ4v) is 5.10. The third kappa shape index (κ3) is 6.11. The normalized spacial score (nSPS) is 19.2. The molecule has 0 heterocycles. The topological polar surface area (TPSA) is 78.5 Å². The van der Waals surface area contributed by atoms with Crippen molar-refractivity contribution >= 4 is 33.0 Å². The van der Waals surface area contributed by atoms with Crippen molar-refractivity contribution < 1.29 is 13.2 Å². The summed E-state index contributed by atoms with van der Waals surface area (Å²) in [4.78, 5) is 15.0. The molecule has 1 fully saturated rings. The van der Waals surface area contributed by atoms with Gasteiger partial charge in [-0.3, -0.25) is 4.79 Å². The number of sulfonamides is 1. The van der Waals surface area contributed by atoms with E-state index in [2.05, 4.69) is 40.9 Å². The predicted molar refractivity (Wildman–Crippen MR) is 132 cm³/mol. The number of nitrogens with one attached hydrogen (secondary N) is 2. The first kappa shape index (κ1) is 24.3. The summed E-state index contributed by atoms with van der Waals surface area (Å²) in [6, 6.07) is 18.4. The molecule has 0 unspecified atom stereocenters. The van der Waals surface area contributed by atoms with Gasteiger partial charge in [-0.15, -0.1) is 0 Å². The molecule has 0 spiro atoms. The fraction of sp³-hybridized carbons (Fsp3) is 0.480. The van der Waals surface area contributed by atoms with Crippen molar-refractivity contribution in [3.05, 3.63) is 54.6 Å². The number of anilines is 3. The Morgan fingerprint density at radius 1 is 0.875 bits per heavy atom. The van der Waals surface area contributed by atoms with Crippen LogP contribution in [0.5, 0.6) is 0 Å². The molecule has 2 aromatic rings. The van der Waals surface area contributed by atoms with Crippen LogP contribution < -0.4 is 14.9 Å². The molecule has 0 bridgehead atoms. The number of benzene rings is 2. The van der Waals surface area contributed by atoms with Crippen molar-refractivity contribution in [3.63, 3.8) is 0 Å². The lowest BCUT2D eigenvalue weighted by Gasteiger charge is -2.30. The SMILES string of the molecule is CC(C)N(c1ccccc1)c1ccc(NC(=O)C2CCC(NS(=O)(=O)C(C)C)CC2)cc1. The summed E-state index contributed by atoms with van der Waals surface area (Å²) in [6.07, 6.45) is 2.74. The van der Waals surface area contributed by atoms with Crippen LogP contribution in [0.15, 0.2) is 54.6 Å². The van der Waals surface area contributed by atoms with Gasteiger partial charge < -0.3 is 10.2 Å². The van der Waals surface area contributed by atoms with E-state index in [4.69, 9.17) is 0 Å². The van der Waals surface area contributed by atoms with E-state index < -0.39 is 15.3 Å². The predicted octanol–water partition coefficient (Wildman–Crippen LogP) is 5.06. The Hall–Kier alpha value is -2.38. The van der Waals surface area contributed by atoms with Crippen LogP contribution in [0.25, 0.3) is 0 Å². The summed E-state index contributed by atoms with van der Waals surface area (Å²) < 4.78 is 26.9. The van der Waals surface area contributed by atoms with Crippen LogP contribution in [0.4, 0.5) is 17.1 Å². The van der Waals surface area contributed by atoms with Gasteiger partial charge in [0.1, 0.15) is 0 Å². The first-order valence-electron chi connectivity index (χ1n) is 11.4. The summed E-state index contributed by atoms with van der Waals surface area (Å²) in [5.74, 6) is -0.0855. The van der Waals surface area contributed by atoms with Gasteiger partial charge in [0.15, 0.2) is 0 Å². The Labute approximate surface area is 192 Å². The molecule has 32 heavy (non-hydrogen) atoms. The minimum absolute atomic E-state index is 0.00620. The Balaban J connectivity index is 1.57. The van der Waals surface area contributed by atoms with Gasteiger partial charge in [-0.1, -0.05) is 18.2 Å². The number of para-hydroxylation sites is 1. The number of amides is 1. The molecule has 174 valence electrons. The maximum Gasteiger partial charge on any atom is 0.227 e. The number of carbonyl (C=O) groups is 1. The summed E-state index contributed by atoms with van der Waals surface area (Å²) >= 11 is 0. The van der Waals surface area contributed by atoms with Gasteiger partial charge in [0.25, 0.3) is 0 Å². The van der Waals surface area contributed by atoms with Crippen LogP contribution in [-0.2, 0) is 14.8 Å². The lowest BCUT2D eigenvalue weighted by atomic mass is 9.86. The third-order valence-corrected chi connectivity index (χ3v) is 7.92. The van der Waals surface area contributed by atoms with Crippen LogP contribution in [0.2, 0.25) is 0 Å². The molecule has 2 aromatic carbocycles. The number of rotatable bonds is 8. The molecule has 1 saturated carbocycles. The lowest BCUT2D eigenvalue weighted by Crippen LogP contribution is -2.42. The summed E-state index contributed by atoms with van der Waals surface area (Å²) in [7, 11) is -3.28. The Bertz CT molecular complexity index is 981. The average Bonchev–Trinajstić information content (AvgIpc) is 2.76. The fourth-order valence-electron chi connectivity index (χ4n) is 4.13. The number of hydrogen-bond acceptors (Lipinski definition) is 4. The first-order chi connectivity index (χ1) is 15.2. The molecular formula is C25H35N3O3S. The summed E-state index contributed by atoms with van der Waals surface area (Å²) in [6.45, 7) is 7.65. The van der Waals surface area contributed by atoms with Crippen LogP contribution >= 0.6 is 0 Å². The second kappa shape index (κ2) is 10.5. The smallest absolute Gasteiger partial charge is 0.227 e. The highest BCUT2D eigenvalue weighted by Crippen LogP contribution is 2.30. The van der Waals surface area contributed by atoms with E-state index in [1.54, 1.807) is 13.8 Å². The van der Waals surface area contributed by atoms with Crippen molar-refractivity contribution in [2.45, 2.75) is 70.7 Å². The monoisotopic (exact) mass is 457 g/mol. The zero-order chi connectivity index (χ0) is 23.3. The van der Waals surface area contributed by atoms with Crippen LogP contribution in [0.1, 0.15) is 53.4 Å². The highest BCUT2D eigenvalue weighted by molar-refractivity contribution is 7.90. The molecule has 7 heteroatoms. The van der Waals surface area contributed by atoms with Gasteiger partial charge in [0.05, 0.1) is 5.25 Å². The molecule has 0 radical (unpaired) electrons. The molecule has 0 aromatic heterocycles. The van der Waals surface area contributed by atoms with E-state index >= 15 is 0 Å².